The van der Waals surface area contributed by atoms with E-state index in [9.17, 15) is 18.0 Å². The molecule has 0 spiro atoms. The maximum Gasteiger partial charge on any atom is 0.433 e. The number of alkyl halides is 3. The van der Waals surface area contributed by atoms with Gasteiger partial charge in [-0.05, 0) is 19.1 Å². The maximum atomic E-state index is 12.5. The smallest absolute Gasteiger partial charge is 0.368 e. The Kier molecular flexibility index (Phi) is 5.52. The second-order valence-corrected chi connectivity index (χ2v) is 5.72. The van der Waals surface area contributed by atoms with E-state index in [4.69, 9.17) is 0 Å². The van der Waals surface area contributed by atoms with E-state index < -0.39 is 17.8 Å². The number of halogens is 3. The lowest BCUT2D eigenvalue weighted by atomic mass is 10.2. The molecule has 3 heterocycles. The summed E-state index contributed by atoms with van der Waals surface area (Å²) >= 11 is 0. The topological polar surface area (TPSA) is 97.6 Å². The number of pyridine rings is 1. The number of nitrogens with one attached hydrogen (secondary N) is 2. The molecule has 0 saturated heterocycles. The Morgan fingerprint density at radius 3 is 2.61 bits per heavy atom. The Hall–Kier alpha value is -3.50. The number of hydrogen-bond acceptors (Lipinski definition) is 6. The van der Waals surface area contributed by atoms with Gasteiger partial charge in [0.25, 0.3) is 5.91 Å². The van der Waals surface area contributed by atoms with Gasteiger partial charge >= 0.3 is 6.18 Å². The molecule has 3 rings (SSSR count). The summed E-state index contributed by atoms with van der Waals surface area (Å²) in [7, 11) is 0. The predicted molar refractivity (Wildman–Crippen MR) is 94.0 cm³/mol. The van der Waals surface area contributed by atoms with Gasteiger partial charge in [0.05, 0.1) is 5.56 Å². The van der Waals surface area contributed by atoms with Gasteiger partial charge in [0.2, 0.25) is 0 Å². The number of carbonyl (C=O) groups is 1. The number of imidazole rings is 1. The van der Waals surface area contributed by atoms with Gasteiger partial charge < -0.3 is 10.6 Å². The van der Waals surface area contributed by atoms with Crippen LogP contribution in [0.25, 0.3) is 5.82 Å². The van der Waals surface area contributed by atoms with E-state index in [-0.39, 0.29) is 12.1 Å². The molecule has 0 bridgehead atoms. The molecule has 146 valence electrons. The highest BCUT2D eigenvalue weighted by Gasteiger charge is 2.32. The van der Waals surface area contributed by atoms with Crippen molar-refractivity contribution in [2.75, 3.05) is 18.4 Å². The van der Waals surface area contributed by atoms with Crippen molar-refractivity contribution >= 4 is 11.7 Å². The molecule has 1 amide bonds. The lowest BCUT2D eigenvalue weighted by Crippen LogP contribution is -2.29. The highest BCUT2D eigenvalue weighted by Crippen LogP contribution is 2.27. The fourth-order valence-corrected chi connectivity index (χ4v) is 2.36. The van der Waals surface area contributed by atoms with E-state index >= 15 is 0 Å². The van der Waals surface area contributed by atoms with Crippen LogP contribution in [0.5, 0.6) is 0 Å². The molecule has 28 heavy (non-hydrogen) atoms. The molecular formula is C17H16F3N7O. The van der Waals surface area contributed by atoms with Crippen LogP contribution >= 0.6 is 0 Å². The number of aromatic nitrogens is 5. The molecule has 0 aliphatic rings. The average molecular weight is 391 g/mol. The molecule has 11 heteroatoms. The Morgan fingerprint density at radius 2 is 1.96 bits per heavy atom. The second kappa shape index (κ2) is 8.03. The van der Waals surface area contributed by atoms with Crippen molar-refractivity contribution in [3.63, 3.8) is 0 Å². The summed E-state index contributed by atoms with van der Waals surface area (Å²) in [5, 5.41) is 5.64. The van der Waals surface area contributed by atoms with Crippen molar-refractivity contribution in [3.8, 4) is 5.82 Å². The van der Waals surface area contributed by atoms with E-state index in [0.717, 1.165) is 24.2 Å². The molecule has 0 atom stereocenters. The van der Waals surface area contributed by atoms with Crippen molar-refractivity contribution in [1.82, 2.24) is 29.8 Å². The first-order valence-electron chi connectivity index (χ1n) is 8.22. The van der Waals surface area contributed by atoms with Crippen molar-refractivity contribution in [3.05, 3.63) is 60.2 Å². The van der Waals surface area contributed by atoms with Crippen LogP contribution in [-0.4, -0.2) is 43.5 Å². The van der Waals surface area contributed by atoms with E-state index in [1.807, 2.05) is 6.92 Å². The van der Waals surface area contributed by atoms with Gasteiger partial charge in [0, 0.05) is 37.7 Å². The summed E-state index contributed by atoms with van der Waals surface area (Å²) < 4.78 is 39.2. The number of anilines is 1. The van der Waals surface area contributed by atoms with Crippen molar-refractivity contribution in [2.24, 2.45) is 0 Å². The first-order chi connectivity index (χ1) is 13.3. The van der Waals surface area contributed by atoms with Crippen LogP contribution in [0.15, 0.2) is 43.1 Å². The molecule has 0 unspecified atom stereocenters. The van der Waals surface area contributed by atoms with Crippen molar-refractivity contribution in [1.29, 1.82) is 0 Å². The van der Waals surface area contributed by atoms with E-state index in [1.54, 1.807) is 23.0 Å². The lowest BCUT2D eigenvalue weighted by Gasteiger charge is -2.10. The number of hydrogen-bond donors (Lipinski definition) is 2. The van der Waals surface area contributed by atoms with Crippen LogP contribution in [0.1, 0.15) is 21.9 Å². The van der Waals surface area contributed by atoms with Crippen molar-refractivity contribution in [2.45, 2.75) is 13.1 Å². The van der Waals surface area contributed by atoms with Crippen LogP contribution in [0.3, 0.4) is 0 Å². The minimum atomic E-state index is -4.54. The van der Waals surface area contributed by atoms with Gasteiger partial charge in [-0.2, -0.15) is 13.2 Å². The third-order valence-corrected chi connectivity index (χ3v) is 3.76. The Bertz CT molecular complexity index is 954. The number of amides is 1. The molecular weight excluding hydrogens is 375 g/mol. The van der Waals surface area contributed by atoms with Gasteiger partial charge in [0.15, 0.2) is 0 Å². The summed E-state index contributed by atoms with van der Waals surface area (Å²) in [6.45, 7) is 2.45. The fraction of sp³-hybridized carbons (Fsp3) is 0.235. The van der Waals surface area contributed by atoms with Gasteiger partial charge in [-0.25, -0.2) is 15.0 Å². The largest absolute Gasteiger partial charge is 0.433 e. The van der Waals surface area contributed by atoms with Crippen LogP contribution in [0.4, 0.5) is 19.0 Å². The third-order valence-electron chi connectivity index (χ3n) is 3.76. The zero-order chi connectivity index (χ0) is 20.1. The Labute approximate surface area is 157 Å². The molecule has 3 aromatic heterocycles. The minimum absolute atomic E-state index is 0.0490. The molecule has 8 nitrogen and oxygen atoms in total. The highest BCUT2D eigenvalue weighted by molar-refractivity contribution is 5.93. The molecule has 0 aliphatic heterocycles. The van der Waals surface area contributed by atoms with Crippen LogP contribution < -0.4 is 10.6 Å². The molecule has 0 radical (unpaired) electrons. The van der Waals surface area contributed by atoms with Crippen LogP contribution in [0.2, 0.25) is 0 Å². The predicted octanol–water partition coefficient (Wildman–Crippen LogP) is 2.23. The maximum absolute atomic E-state index is 12.5. The van der Waals surface area contributed by atoms with E-state index in [2.05, 4.69) is 30.6 Å². The number of nitrogens with zero attached hydrogens (tertiary/aromatic N) is 5. The normalized spacial score (nSPS) is 11.3. The van der Waals surface area contributed by atoms with Crippen molar-refractivity contribution < 1.29 is 18.0 Å². The van der Waals surface area contributed by atoms with Gasteiger partial charge in [-0.15, -0.1) is 0 Å². The number of rotatable bonds is 6. The molecule has 0 saturated carbocycles. The summed E-state index contributed by atoms with van der Waals surface area (Å²) in [6.07, 6.45) is 1.21. The van der Waals surface area contributed by atoms with E-state index in [0.29, 0.717) is 18.2 Å². The fourth-order valence-electron chi connectivity index (χ4n) is 2.36. The molecule has 3 aromatic rings. The standard InChI is InChI=1S/C17H16F3N7O/c1-11-21-6-7-27(11)15-8-14(25-10-26-15)22-4-5-23-16(28)12-2-3-13(24-9-12)17(18,19)20/h2-3,6-10H,4-5H2,1H3,(H,23,28)(H,22,25,26). The molecule has 0 aliphatic carbocycles. The highest BCUT2D eigenvalue weighted by atomic mass is 19.4. The molecule has 0 aromatic carbocycles. The Balaban J connectivity index is 1.51. The van der Waals surface area contributed by atoms with Gasteiger partial charge in [0.1, 0.15) is 29.5 Å². The van der Waals surface area contributed by atoms with E-state index in [1.165, 1.54) is 6.33 Å². The number of carbonyl (C=O) groups excluding carboxylic acids is 1. The zero-order valence-corrected chi connectivity index (χ0v) is 14.7. The second-order valence-electron chi connectivity index (χ2n) is 5.72. The summed E-state index contributed by atoms with van der Waals surface area (Å²) in [4.78, 5) is 27.6. The summed E-state index contributed by atoms with van der Waals surface area (Å²) in [5.74, 6) is 1.47. The first-order valence-corrected chi connectivity index (χ1v) is 8.22. The van der Waals surface area contributed by atoms with Crippen LogP contribution in [0, 0.1) is 6.92 Å². The Morgan fingerprint density at radius 1 is 1.14 bits per heavy atom. The third kappa shape index (κ3) is 4.61. The van der Waals surface area contributed by atoms with Gasteiger partial charge in [-0.1, -0.05) is 0 Å². The average Bonchev–Trinajstić information content (AvgIpc) is 3.11. The molecule has 2 N–H and O–H groups in total. The minimum Gasteiger partial charge on any atom is -0.368 e. The summed E-state index contributed by atoms with van der Waals surface area (Å²) in [5.41, 5.74) is -0.994. The van der Waals surface area contributed by atoms with Gasteiger partial charge in [-0.3, -0.25) is 14.3 Å². The monoisotopic (exact) mass is 391 g/mol. The summed E-state index contributed by atoms with van der Waals surface area (Å²) in [6, 6.07) is 3.59. The first kappa shape index (κ1) is 19.3. The zero-order valence-electron chi connectivity index (χ0n) is 14.7. The lowest BCUT2D eigenvalue weighted by molar-refractivity contribution is -0.141. The SMILES string of the molecule is Cc1nccn1-c1cc(NCCNC(=O)c2ccc(C(F)(F)F)nc2)ncn1. The van der Waals surface area contributed by atoms with Crippen LogP contribution in [-0.2, 0) is 6.18 Å². The quantitative estimate of drug-likeness (QED) is 0.626. The number of aryl methyl sites for hydroxylation is 1. The molecule has 0 fully saturated rings.